The zero-order valence-electron chi connectivity index (χ0n) is 15.8. The first kappa shape index (κ1) is 18.9. The summed E-state index contributed by atoms with van der Waals surface area (Å²) in [5.74, 6) is 0. The molecule has 0 radical (unpaired) electrons. The Labute approximate surface area is 161 Å². The first-order chi connectivity index (χ1) is 12.9. The number of nitrogens with zero attached hydrogens (tertiary/aromatic N) is 1. The fourth-order valence-corrected chi connectivity index (χ4v) is 4.44. The van der Waals surface area contributed by atoms with E-state index in [9.17, 15) is 8.42 Å². The molecule has 0 aromatic heterocycles. The minimum Gasteiger partial charge on any atom is -0.349 e. The minimum atomic E-state index is -3.67. The van der Waals surface area contributed by atoms with Crippen LogP contribution in [-0.4, -0.2) is 15.5 Å². The van der Waals surface area contributed by atoms with E-state index in [0.717, 1.165) is 16.8 Å². The average molecular weight is 378 g/mol. The van der Waals surface area contributed by atoms with Crippen molar-refractivity contribution in [1.29, 1.82) is 0 Å². The van der Waals surface area contributed by atoms with Crippen molar-refractivity contribution in [1.82, 2.24) is 0 Å². The molecule has 0 atom stereocenters. The van der Waals surface area contributed by atoms with Gasteiger partial charge in [0.15, 0.2) is 0 Å². The summed E-state index contributed by atoms with van der Waals surface area (Å²) in [6.07, 6.45) is 1.70. The molecule has 0 unspecified atom stereocenters. The third kappa shape index (κ3) is 4.12. The van der Waals surface area contributed by atoms with Crippen LogP contribution in [0.15, 0.2) is 90.0 Å². The van der Waals surface area contributed by atoms with Crippen molar-refractivity contribution in [3.8, 4) is 0 Å². The normalized spacial score (nSPS) is 12.0. The largest absolute Gasteiger partial charge is 0.349 e. The minimum absolute atomic E-state index is 0.276. The second kappa shape index (κ2) is 7.80. The molecule has 3 nitrogen and oxygen atoms in total. The monoisotopic (exact) mass is 377 g/mol. The topological polar surface area (TPSA) is 37.4 Å². The van der Waals surface area contributed by atoms with Gasteiger partial charge in [-0.15, -0.1) is 0 Å². The van der Waals surface area contributed by atoms with Gasteiger partial charge in [0.05, 0.1) is 9.80 Å². The van der Waals surface area contributed by atoms with Crippen molar-refractivity contribution in [2.24, 2.45) is 0 Å². The van der Waals surface area contributed by atoms with E-state index in [4.69, 9.17) is 0 Å². The Balaban J connectivity index is 2.15. The van der Waals surface area contributed by atoms with E-state index in [0.29, 0.717) is 10.5 Å². The van der Waals surface area contributed by atoms with Crippen molar-refractivity contribution in [2.45, 2.75) is 18.7 Å². The van der Waals surface area contributed by atoms with Gasteiger partial charge >= 0.3 is 0 Å². The summed E-state index contributed by atoms with van der Waals surface area (Å²) in [6.45, 7) is 3.95. The van der Waals surface area contributed by atoms with Crippen LogP contribution < -0.4 is 4.90 Å². The van der Waals surface area contributed by atoms with Gasteiger partial charge in [-0.3, -0.25) is 0 Å². The lowest BCUT2D eigenvalue weighted by Crippen LogP contribution is -2.14. The van der Waals surface area contributed by atoms with Gasteiger partial charge in [0.2, 0.25) is 9.84 Å². The molecule has 0 N–H and O–H groups in total. The smallest absolute Gasteiger partial charge is 0.208 e. The van der Waals surface area contributed by atoms with E-state index >= 15 is 0 Å². The molecule has 0 aliphatic carbocycles. The van der Waals surface area contributed by atoms with Crippen LogP contribution >= 0.6 is 0 Å². The number of anilines is 1. The summed E-state index contributed by atoms with van der Waals surface area (Å²) in [7, 11) is -1.80. The highest BCUT2D eigenvalue weighted by molar-refractivity contribution is 8.00. The second-order valence-electron chi connectivity index (χ2n) is 6.57. The van der Waals surface area contributed by atoms with Crippen LogP contribution in [0, 0.1) is 13.8 Å². The predicted octanol–water partition coefficient (Wildman–Crippen LogP) is 5.21. The molecule has 3 aromatic rings. The molecular weight excluding hydrogens is 354 g/mol. The summed E-state index contributed by atoms with van der Waals surface area (Å²) in [5, 5.41) is 0. The Bertz CT molecular complexity index is 1050. The Morgan fingerprint density at radius 3 is 2.04 bits per heavy atom. The van der Waals surface area contributed by atoms with Crippen LogP contribution in [0.3, 0.4) is 0 Å². The maximum absolute atomic E-state index is 13.4. The number of rotatable bonds is 5. The first-order valence-corrected chi connectivity index (χ1v) is 10.3. The molecule has 27 heavy (non-hydrogen) atoms. The lowest BCUT2D eigenvalue weighted by molar-refractivity contribution is 0.605. The fourth-order valence-electron chi connectivity index (χ4n) is 2.95. The summed E-state index contributed by atoms with van der Waals surface area (Å²) < 4.78 is 26.8. The molecule has 0 saturated carbocycles. The van der Waals surface area contributed by atoms with Gasteiger partial charge in [-0.05, 0) is 43.2 Å². The van der Waals surface area contributed by atoms with E-state index in [-0.39, 0.29) is 4.91 Å². The third-order valence-corrected chi connectivity index (χ3v) is 6.30. The van der Waals surface area contributed by atoms with Crippen LogP contribution in [0.2, 0.25) is 0 Å². The molecule has 138 valence electrons. The van der Waals surface area contributed by atoms with Crippen LogP contribution in [0.5, 0.6) is 0 Å². The Kier molecular flexibility index (Phi) is 5.47. The van der Waals surface area contributed by atoms with Crippen LogP contribution in [0.25, 0.3) is 4.91 Å². The Hall–Kier alpha value is -2.85. The number of para-hydroxylation sites is 1. The molecular formula is C23H23NO2S. The number of sulfone groups is 1. The number of hydrogen-bond donors (Lipinski definition) is 0. The van der Waals surface area contributed by atoms with Crippen molar-refractivity contribution in [3.63, 3.8) is 0 Å². The highest BCUT2D eigenvalue weighted by atomic mass is 32.2. The zero-order valence-corrected chi connectivity index (χ0v) is 16.6. The SMILES string of the molecule is Cc1ccc(S(=O)(=O)C(=CN(C)c2ccccc2C)c2ccccc2)cc1. The van der Waals surface area contributed by atoms with E-state index in [2.05, 4.69) is 0 Å². The molecule has 4 heteroatoms. The van der Waals surface area contributed by atoms with Gasteiger partial charge in [-0.25, -0.2) is 8.42 Å². The van der Waals surface area contributed by atoms with Crippen LogP contribution in [-0.2, 0) is 9.84 Å². The summed E-state index contributed by atoms with van der Waals surface area (Å²) >= 11 is 0. The van der Waals surface area contributed by atoms with Gasteiger partial charge < -0.3 is 4.90 Å². The molecule has 0 spiro atoms. The quantitative estimate of drug-likeness (QED) is 0.612. The van der Waals surface area contributed by atoms with Gasteiger partial charge in [0.1, 0.15) is 0 Å². The first-order valence-electron chi connectivity index (χ1n) is 8.77. The van der Waals surface area contributed by atoms with Gasteiger partial charge in [-0.2, -0.15) is 0 Å². The summed E-state index contributed by atoms with van der Waals surface area (Å²) in [5.41, 5.74) is 3.73. The molecule has 0 bridgehead atoms. The average Bonchev–Trinajstić information content (AvgIpc) is 2.67. The molecule has 0 aliphatic heterocycles. The molecule has 0 fully saturated rings. The molecule has 0 amide bonds. The van der Waals surface area contributed by atoms with E-state index in [1.165, 1.54) is 0 Å². The van der Waals surface area contributed by atoms with Gasteiger partial charge in [0, 0.05) is 18.9 Å². The second-order valence-corrected chi connectivity index (χ2v) is 8.49. The molecule has 3 aromatic carbocycles. The van der Waals surface area contributed by atoms with E-state index in [1.807, 2.05) is 92.5 Å². The summed E-state index contributed by atoms with van der Waals surface area (Å²) in [4.78, 5) is 2.43. The highest BCUT2D eigenvalue weighted by Gasteiger charge is 2.23. The Morgan fingerprint density at radius 2 is 1.41 bits per heavy atom. The number of aryl methyl sites for hydroxylation is 2. The number of hydrogen-bond acceptors (Lipinski definition) is 3. The van der Waals surface area contributed by atoms with Crippen molar-refractivity contribution in [2.75, 3.05) is 11.9 Å². The molecule has 3 rings (SSSR count). The Morgan fingerprint density at radius 1 is 0.815 bits per heavy atom. The lowest BCUT2D eigenvalue weighted by atomic mass is 10.2. The number of benzene rings is 3. The van der Waals surface area contributed by atoms with Crippen LogP contribution in [0.4, 0.5) is 5.69 Å². The summed E-state index contributed by atoms with van der Waals surface area (Å²) in [6, 6.07) is 24.1. The molecule has 0 aliphatic rings. The van der Waals surface area contributed by atoms with Crippen molar-refractivity contribution >= 4 is 20.4 Å². The van der Waals surface area contributed by atoms with Gasteiger partial charge in [0.25, 0.3) is 0 Å². The standard InChI is InChI=1S/C23H23NO2S/c1-18-13-15-21(16-14-18)27(25,26)23(20-10-5-4-6-11-20)17-24(3)22-12-8-7-9-19(22)2/h4-17H,1-3H3. The maximum Gasteiger partial charge on any atom is 0.208 e. The lowest BCUT2D eigenvalue weighted by Gasteiger charge is -2.20. The van der Waals surface area contributed by atoms with E-state index < -0.39 is 9.84 Å². The maximum atomic E-state index is 13.4. The molecule has 0 saturated heterocycles. The third-order valence-electron chi connectivity index (χ3n) is 4.49. The van der Waals surface area contributed by atoms with Crippen LogP contribution in [0.1, 0.15) is 16.7 Å². The highest BCUT2D eigenvalue weighted by Crippen LogP contribution is 2.30. The molecule has 0 heterocycles. The predicted molar refractivity (Wildman–Crippen MR) is 112 cm³/mol. The zero-order chi connectivity index (χ0) is 19.4. The van der Waals surface area contributed by atoms with Crippen molar-refractivity contribution in [3.05, 3.63) is 102 Å². The van der Waals surface area contributed by atoms with Gasteiger partial charge in [-0.1, -0.05) is 66.2 Å². The fraction of sp³-hybridized carbons (Fsp3) is 0.130. The van der Waals surface area contributed by atoms with E-state index in [1.54, 1.807) is 18.3 Å². The van der Waals surface area contributed by atoms with Crippen molar-refractivity contribution < 1.29 is 8.42 Å².